The lowest BCUT2D eigenvalue weighted by molar-refractivity contribution is -0.115. The Balaban J connectivity index is 1.41. The van der Waals surface area contributed by atoms with Gasteiger partial charge in [-0.3, -0.25) is 9.48 Å². The largest absolute Gasteiger partial charge is 0.347 e. The SMILES string of the molecule is CCS(=O)(=O)c1ccc(CC(=O)Nc2cc(-c3cnn(C)c3)c3c(ccn3CC3CC3)c2)cc1. The van der Waals surface area contributed by atoms with Gasteiger partial charge >= 0.3 is 0 Å². The molecule has 7 nitrogen and oxygen atoms in total. The van der Waals surface area contributed by atoms with Crippen molar-refractivity contribution in [2.75, 3.05) is 11.1 Å². The molecule has 0 radical (unpaired) electrons. The van der Waals surface area contributed by atoms with Crippen LogP contribution < -0.4 is 5.32 Å². The first-order valence-electron chi connectivity index (χ1n) is 11.6. The number of carbonyl (C=O) groups excluding carboxylic acids is 1. The summed E-state index contributed by atoms with van der Waals surface area (Å²) < 4.78 is 28.1. The fourth-order valence-electron chi connectivity index (χ4n) is 4.30. The molecule has 1 fully saturated rings. The maximum absolute atomic E-state index is 12.8. The summed E-state index contributed by atoms with van der Waals surface area (Å²) in [5, 5.41) is 8.44. The Bertz CT molecular complexity index is 1460. The summed E-state index contributed by atoms with van der Waals surface area (Å²) in [4.78, 5) is 13.1. The summed E-state index contributed by atoms with van der Waals surface area (Å²) in [6, 6.07) is 12.6. The van der Waals surface area contributed by atoms with Crippen molar-refractivity contribution in [2.24, 2.45) is 13.0 Å². The zero-order chi connectivity index (χ0) is 23.9. The van der Waals surface area contributed by atoms with E-state index in [2.05, 4.69) is 27.2 Å². The predicted molar refractivity (Wildman–Crippen MR) is 133 cm³/mol. The second-order valence-electron chi connectivity index (χ2n) is 9.05. The molecule has 2 heterocycles. The highest BCUT2D eigenvalue weighted by Crippen LogP contribution is 2.36. The number of rotatable bonds is 8. The van der Waals surface area contributed by atoms with Crippen LogP contribution in [0.25, 0.3) is 22.0 Å². The quantitative estimate of drug-likeness (QED) is 0.408. The van der Waals surface area contributed by atoms with Gasteiger partial charge in [-0.15, -0.1) is 0 Å². The van der Waals surface area contributed by atoms with Crippen LogP contribution in [0.4, 0.5) is 5.69 Å². The molecular weight excluding hydrogens is 448 g/mol. The van der Waals surface area contributed by atoms with Crippen LogP contribution in [0.15, 0.2) is 66.0 Å². The Hall–Kier alpha value is -3.39. The van der Waals surface area contributed by atoms with Gasteiger partial charge in [-0.1, -0.05) is 19.1 Å². The van der Waals surface area contributed by atoms with Gasteiger partial charge in [0.25, 0.3) is 0 Å². The van der Waals surface area contributed by atoms with Crippen molar-refractivity contribution in [3.63, 3.8) is 0 Å². The first-order valence-corrected chi connectivity index (χ1v) is 13.2. The van der Waals surface area contributed by atoms with Crippen molar-refractivity contribution in [1.82, 2.24) is 14.3 Å². The highest BCUT2D eigenvalue weighted by Gasteiger charge is 2.23. The van der Waals surface area contributed by atoms with E-state index in [4.69, 9.17) is 0 Å². The molecule has 1 saturated carbocycles. The number of benzene rings is 2. The number of amides is 1. The molecule has 0 saturated heterocycles. The van der Waals surface area contributed by atoms with Gasteiger partial charge in [0.15, 0.2) is 9.84 Å². The van der Waals surface area contributed by atoms with E-state index in [1.165, 1.54) is 12.8 Å². The van der Waals surface area contributed by atoms with Crippen LogP contribution in [0.3, 0.4) is 0 Å². The second-order valence-corrected chi connectivity index (χ2v) is 11.3. The first-order chi connectivity index (χ1) is 16.3. The van der Waals surface area contributed by atoms with E-state index in [1.54, 1.807) is 35.9 Å². The molecule has 0 bridgehead atoms. The number of hydrogen-bond acceptors (Lipinski definition) is 4. The minimum absolute atomic E-state index is 0.0525. The van der Waals surface area contributed by atoms with Crippen molar-refractivity contribution in [3.05, 3.63) is 66.6 Å². The van der Waals surface area contributed by atoms with Crippen LogP contribution in [0.1, 0.15) is 25.3 Å². The standard InChI is InChI=1S/C26H28N4O3S/c1-3-34(32,33)23-8-6-18(7-9-23)12-25(31)28-22-13-20-10-11-30(16-19-4-5-19)26(20)24(14-22)21-15-27-29(2)17-21/h6-11,13-15,17,19H,3-5,12,16H2,1-2H3,(H,28,31). The van der Waals surface area contributed by atoms with E-state index < -0.39 is 9.84 Å². The number of sulfone groups is 1. The third-order valence-corrected chi connectivity index (χ3v) is 8.09. The summed E-state index contributed by atoms with van der Waals surface area (Å²) >= 11 is 0. The lowest BCUT2D eigenvalue weighted by atomic mass is 10.0. The number of nitrogens with one attached hydrogen (secondary N) is 1. The van der Waals surface area contributed by atoms with E-state index in [9.17, 15) is 13.2 Å². The van der Waals surface area contributed by atoms with Gasteiger partial charge < -0.3 is 9.88 Å². The van der Waals surface area contributed by atoms with Crippen LogP contribution in [0, 0.1) is 5.92 Å². The Morgan fingerprint density at radius 2 is 1.91 bits per heavy atom. The van der Waals surface area contributed by atoms with Gasteiger partial charge in [-0.2, -0.15) is 5.10 Å². The molecule has 8 heteroatoms. The number of anilines is 1. The van der Waals surface area contributed by atoms with Crippen LogP contribution in [0.5, 0.6) is 0 Å². The van der Waals surface area contributed by atoms with Crippen LogP contribution in [-0.4, -0.2) is 34.4 Å². The van der Waals surface area contributed by atoms with Gasteiger partial charge in [0.05, 0.1) is 28.8 Å². The number of nitrogens with zero attached hydrogens (tertiary/aromatic N) is 3. The van der Waals surface area contributed by atoms with Gasteiger partial charge in [0.2, 0.25) is 5.91 Å². The lowest BCUT2D eigenvalue weighted by Crippen LogP contribution is -2.14. The fourth-order valence-corrected chi connectivity index (χ4v) is 5.19. The molecule has 34 heavy (non-hydrogen) atoms. The molecule has 0 atom stereocenters. The molecule has 176 valence electrons. The molecule has 2 aromatic heterocycles. The predicted octanol–water partition coefficient (Wildman–Crippen LogP) is 4.43. The average Bonchev–Trinajstić information content (AvgIpc) is 3.38. The molecule has 4 aromatic rings. The third kappa shape index (κ3) is 4.63. The molecular formula is C26H28N4O3S. The van der Waals surface area contributed by atoms with Crippen LogP contribution >= 0.6 is 0 Å². The number of hydrogen-bond donors (Lipinski definition) is 1. The van der Waals surface area contributed by atoms with Gasteiger partial charge in [0.1, 0.15) is 0 Å². The van der Waals surface area contributed by atoms with Crippen molar-refractivity contribution < 1.29 is 13.2 Å². The third-order valence-electron chi connectivity index (χ3n) is 6.34. The molecule has 2 aromatic carbocycles. The summed E-state index contributed by atoms with van der Waals surface area (Å²) in [5.41, 5.74) is 4.70. The van der Waals surface area contributed by atoms with E-state index in [0.29, 0.717) is 0 Å². The smallest absolute Gasteiger partial charge is 0.228 e. The van der Waals surface area contributed by atoms with Crippen LogP contribution in [-0.2, 0) is 34.6 Å². The van der Waals surface area contributed by atoms with E-state index >= 15 is 0 Å². The summed E-state index contributed by atoms with van der Waals surface area (Å²) in [6.45, 7) is 2.62. The van der Waals surface area contributed by atoms with E-state index in [0.717, 1.165) is 45.7 Å². The topological polar surface area (TPSA) is 86.0 Å². The normalized spacial score (nSPS) is 13.9. The molecule has 1 amide bonds. The van der Waals surface area contributed by atoms with Gasteiger partial charge in [-0.05, 0) is 54.7 Å². The monoisotopic (exact) mass is 476 g/mol. The van der Waals surface area contributed by atoms with Gasteiger partial charge in [-0.25, -0.2) is 8.42 Å². The Kier molecular flexibility index (Phi) is 5.77. The fraction of sp³-hybridized carbons (Fsp3) is 0.308. The van der Waals surface area contributed by atoms with Crippen molar-refractivity contribution in [1.29, 1.82) is 0 Å². The summed E-state index contributed by atoms with van der Waals surface area (Å²) in [7, 11) is -1.36. The Morgan fingerprint density at radius 3 is 2.56 bits per heavy atom. The molecule has 0 unspecified atom stereocenters. The van der Waals surface area contributed by atoms with E-state index in [1.807, 2.05) is 31.6 Å². The highest BCUT2D eigenvalue weighted by atomic mass is 32.2. The summed E-state index contributed by atoms with van der Waals surface area (Å²) in [6.07, 6.45) is 8.68. The number of fused-ring (bicyclic) bond motifs is 1. The summed E-state index contributed by atoms with van der Waals surface area (Å²) in [5.74, 6) is 0.646. The van der Waals surface area contributed by atoms with Crippen molar-refractivity contribution >= 4 is 32.3 Å². The minimum Gasteiger partial charge on any atom is -0.347 e. The Labute approximate surface area is 199 Å². The molecule has 0 spiro atoms. The Morgan fingerprint density at radius 1 is 1.15 bits per heavy atom. The van der Waals surface area contributed by atoms with Gasteiger partial charge in [0, 0.05) is 48.2 Å². The average molecular weight is 477 g/mol. The van der Waals surface area contributed by atoms with E-state index in [-0.39, 0.29) is 23.0 Å². The zero-order valence-corrected chi connectivity index (χ0v) is 20.2. The molecule has 5 rings (SSSR count). The maximum Gasteiger partial charge on any atom is 0.228 e. The number of aryl methyl sites for hydroxylation is 1. The number of aromatic nitrogens is 3. The van der Waals surface area contributed by atoms with Crippen molar-refractivity contribution in [3.8, 4) is 11.1 Å². The first kappa shape index (κ1) is 22.4. The lowest BCUT2D eigenvalue weighted by Gasteiger charge is -2.12. The minimum atomic E-state index is -3.25. The van der Waals surface area contributed by atoms with Crippen LogP contribution in [0.2, 0.25) is 0 Å². The second kappa shape index (κ2) is 8.76. The zero-order valence-electron chi connectivity index (χ0n) is 19.4. The molecule has 1 aliphatic carbocycles. The highest BCUT2D eigenvalue weighted by molar-refractivity contribution is 7.91. The van der Waals surface area contributed by atoms with Crippen molar-refractivity contribution in [2.45, 2.75) is 37.6 Å². The molecule has 1 aliphatic rings. The maximum atomic E-state index is 12.8. The molecule has 0 aliphatic heterocycles. The number of carbonyl (C=O) groups is 1. The molecule has 1 N–H and O–H groups in total.